The van der Waals surface area contributed by atoms with E-state index in [0.29, 0.717) is 0 Å². The number of nitrogens with one attached hydrogen (secondary N) is 1. The van der Waals surface area contributed by atoms with Gasteiger partial charge in [0.1, 0.15) is 0 Å². The molecule has 1 N–H and O–H groups in total. The Morgan fingerprint density at radius 1 is 1.08 bits per heavy atom. The zero-order chi connectivity index (χ0) is 19.8. The van der Waals surface area contributed by atoms with E-state index in [1.54, 1.807) is 0 Å². The molecule has 0 bridgehead atoms. The second-order valence-corrected chi connectivity index (χ2v) is 9.46. The van der Waals surface area contributed by atoms with Crippen LogP contribution in [0.2, 0.25) is 0 Å². The molecule has 0 unspecified atom stereocenters. The third kappa shape index (κ3) is 3.70. The molecule has 0 spiro atoms. The van der Waals surface area contributed by atoms with E-state index < -0.39 is 0 Å². The molecule has 0 aliphatic heterocycles. The van der Waals surface area contributed by atoms with Gasteiger partial charge in [-0.2, -0.15) is 0 Å². The molecule has 1 amide bonds. The highest BCUT2D eigenvalue weighted by Gasteiger charge is 2.49. The number of benzene rings is 1. The molecular formula is C24H33NO. The van der Waals surface area contributed by atoms with Crippen molar-refractivity contribution < 1.29 is 4.79 Å². The van der Waals surface area contributed by atoms with E-state index >= 15 is 0 Å². The number of anilines is 1. The van der Waals surface area contributed by atoms with E-state index in [2.05, 4.69) is 65.6 Å². The molecule has 0 fully saturated rings. The predicted molar refractivity (Wildman–Crippen MR) is 113 cm³/mol. The summed E-state index contributed by atoms with van der Waals surface area (Å²) in [6, 6.07) is 7.80. The SMILES string of the molecule is C=C(C)c1ccccc1NC(=O)C1=CC(C(C)(C)C)(C(C)(C)C)CC=C1. The van der Waals surface area contributed by atoms with Gasteiger partial charge in [0.05, 0.1) is 0 Å². The van der Waals surface area contributed by atoms with Gasteiger partial charge in [-0.15, -0.1) is 0 Å². The van der Waals surface area contributed by atoms with Crippen molar-refractivity contribution in [3.05, 3.63) is 60.2 Å². The van der Waals surface area contributed by atoms with Crippen LogP contribution in [0.5, 0.6) is 0 Å². The Kier molecular flexibility index (Phi) is 5.37. The van der Waals surface area contributed by atoms with Crippen molar-refractivity contribution in [1.82, 2.24) is 0 Å². The Bertz CT molecular complexity index is 752. The monoisotopic (exact) mass is 351 g/mol. The molecule has 1 aliphatic rings. The van der Waals surface area contributed by atoms with Crippen LogP contribution < -0.4 is 5.32 Å². The largest absolute Gasteiger partial charge is 0.321 e. The minimum Gasteiger partial charge on any atom is -0.321 e. The Balaban J connectivity index is 2.42. The Hall–Kier alpha value is -2.09. The molecule has 26 heavy (non-hydrogen) atoms. The standard InChI is InChI=1S/C24H33NO/c1-17(2)19-13-9-10-14-20(19)25-21(26)18-12-11-15-24(16-18,22(3,4)5)23(6,7)8/h9-14,16H,1,15H2,2-8H3,(H,25,26). The Labute approximate surface area is 159 Å². The normalized spacial score (nSPS) is 16.8. The van der Waals surface area contributed by atoms with Crippen molar-refractivity contribution in [2.45, 2.75) is 54.9 Å². The number of carbonyl (C=O) groups excluding carboxylic acids is 1. The van der Waals surface area contributed by atoms with E-state index in [1.165, 1.54) is 0 Å². The van der Waals surface area contributed by atoms with Gasteiger partial charge in [-0.25, -0.2) is 0 Å². The summed E-state index contributed by atoms with van der Waals surface area (Å²) in [6.07, 6.45) is 7.25. The summed E-state index contributed by atoms with van der Waals surface area (Å²) in [5.41, 5.74) is 3.44. The van der Waals surface area contributed by atoms with Crippen molar-refractivity contribution >= 4 is 17.2 Å². The fourth-order valence-electron chi connectivity index (χ4n) is 4.21. The van der Waals surface area contributed by atoms with E-state index in [-0.39, 0.29) is 22.2 Å². The minimum absolute atomic E-state index is 0.0388. The summed E-state index contributed by atoms with van der Waals surface area (Å²) < 4.78 is 0. The number of rotatable bonds is 3. The predicted octanol–water partition coefficient (Wildman–Crippen LogP) is 6.62. The van der Waals surface area contributed by atoms with Crippen LogP contribution in [0.25, 0.3) is 5.57 Å². The molecule has 2 nitrogen and oxygen atoms in total. The van der Waals surface area contributed by atoms with Crippen LogP contribution in [-0.2, 0) is 4.79 Å². The summed E-state index contributed by atoms with van der Waals surface area (Å²) in [4.78, 5) is 13.0. The minimum atomic E-state index is -0.0880. The molecule has 0 heterocycles. The maximum absolute atomic E-state index is 13.0. The van der Waals surface area contributed by atoms with Crippen molar-refractivity contribution in [2.24, 2.45) is 16.2 Å². The van der Waals surface area contributed by atoms with Gasteiger partial charge in [-0.1, -0.05) is 84.5 Å². The lowest BCUT2D eigenvalue weighted by atomic mass is 9.51. The van der Waals surface area contributed by atoms with Gasteiger partial charge in [0, 0.05) is 22.2 Å². The summed E-state index contributed by atoms with van der Waals surface area (Å²) >= 11 is 0. The maximum atomic E-state index is 13.0. The second kappa shape index (κ2) is 6.90. The van der Waals surface area contributed by atoms with Crippen LogP contribution in [0.15, 0.2) is 54.6 Å². The topological polar surface area (TPSA) is 29.1 Å². The number of hydrogen-bond acceptors (Lipinski definition) is 1. The van der Waals surface area contributed by atoms with Crippen LogP contribution in [0.3, 0.4) is 0 Å². The van der Waals surface area contributed by atoms with Crippen LogP contribution in [0.4, 0.5) is 5.69 Å². The van der Waals surface area contributed by atoms with Gasteiger partial charge in [0.15, 0.2) is 0 Å². The number of para-hydroxylation sites is 1. The first kappa shape index (κ1) is 20.2. The summed E-state index contributed by atoms with van der Waals surface area (Å²) in [5.74, 6) is -0.0625. The lowest BCUT2D eigenvalue weighted by molar-refractivity contribution is -0.112. The summed E-state index contributed by atoms with van der Waals surface area (Å²) in [5, 5.41) is 3.08. The molecule has 2 heteroatoms. The highest BCUT2D eigenvalue weighted by molar-refractivity contribution is 6.07. The van der Waals surface area contributed by atoms with Crippen LogP contribution in [0, 0.1) is 16.2 Å². The summed E-state index contributed by atoms with van der Waals surface area (Å²) in [7, 11) is 0. The molecule has 1 aromatic rings. The van der Waals surface area contributed by atoms with Gasteiger partial charge in [0.25, 0.3) is 5.91 Å². The fourth-order valence-corrected chi connectivity index (χ4v) is 4.21. The highest BCUT2D eigenvalue weighted by atomic mass is 16.1. The number of carbonyl (C=O) groups is 1. The quantitative estimate of drug-likeness (QED) is 0.651. The molecule has 0 atom stereocenters. The molecule has 0 aromatic heterocycles. The fraction of sp³-hybridized carbons (Fsp3) is 0.458. The van der Waals surface area contributed by atoms with Gasteiger partial charge in [-0.3, -0.25) is 4.79 Å². The van der Waals surface area contributed by atoms with Crippen LogP contribution in [0.1, 0.15) is 60.5 Å². The zero-order valence-electron chi connectivity index (χ0n) is 17.4. The summed E-state index contributed by atoms with van der Waals surface area (Å²) in [6.45, 7) is 19.5. The lowest BCUT2D eigenvalue weighted by Crippen LogP contribution is -2.46. The van der Waals surface area contributed by atoms with Crippen molar-refractivity contribution in [3.63, 3.8) is 0 Å². The smallest absolute Gasteiger partial charge is 0.255 e. The first-order chi connectivity index (χ1) is 11.9. The average molecular weight is 352 g/mol. The molecule has 140 valence electrons. The van der Waals surface area contributed by atoms with Gasteiger partial charge in [0.2, 0.25) is 0 Å². The van der Waals surface area contributed by atoms with Crippen molar-refractivity contribution in [1.29, 1.82) is 0 Å². The van der Waals surface area contributed by atoms with E-state index in [9.17, 15) is 4.79 Å². The molecular weight excluding hydrogens is 318 g/mol. The lowest BCUT2D eigenvalue weighted by Gasteiger charge is -2.53. The van der Waals surface area contributed by atoms with E-state index in [1.807, 2.05) is 37.3 Å². The number of allylic oxidation sites excluding steroid dienone is 3. The Morgan fingerprint density at radius 2 is 1.65 bits per heavy atom. The van der Waals surface area contributed by atoms with Gasteiger partial charge in [-0.05, 0) is 35.8 Å². The molecule has 1 aromatic carbocycles. The first-order valence-corrected chi connectivity index (χ1v) is 9.35. The van der Waals surface area contributed by atoms with Gasteiger partial charge < -0.3 is 5.32 Å². The highest BCUT2D eigenvalue weighted by Crippen LogP contribution is 2.56. The molecule has 1 aliphatic carbocycles. The van der Waals surface area contributed by atoms with Gasteiger partial charge >= 0.3 is 0 Å². The first-order valence-electron chi connectivity index (χ1n) is 9.35. The van der Waals surface area contributed by atoms with Crippen molar-refractivity contribution in [2.75, 3.05) is 5.32 Å². The molecule has 0 radical (unpaired) electrons. The van der Waals surface area contributed by atoms with Crippen LogP contribution >= 0.6 is 0 Å². The molecule has 2 rings (SSSR count). The average Bonchev–Trinajstić information content (AvgIpc) is 2.53. The zero-order valence-corrected chi connectivity index (χ0v) is 17.4. The number of hydrogen-bond donors (Lipinski definition) is 1. The third-order valence-corrected chi connectivity index (χ3v) is 5.71. The third-order valence-electron chi connectivity index (χ3n) is 5.71. The van der Waals surface area contributed by atoms with E-state index in [0.717, 1.165) is 28.8 Å². The van der Waals surface area contributed by atoms with Crippen molar-refractivity contribution in [3.8, 4) is 0 Å². The second-order valence-electron chi connectivity index (χ2n) is 9.46. The molecule has 0 saturated heterocycles. The Morgan fingerprint density at radius 3 is 2.19 bits per heavy atom. The molecule has 0 saturated carbocycles. The van der Waals surface area contributed by atoms with Crippen LogP contribution in [-0.4, -0.2) is 5.91 Å². The van der Waals surface area contributed by atoms with E-state index in [4.69, 9.17) is 0 Å². The number of amides is 1. The maximum Gasteiger partial charge on any atom is 0.255 e.